The number of hydrazone groups is 1. The summed E-state index contributed by atoms with van der Waals surface area (Å²) in [5.74, 6) is 7.54. The van der Waals surface area contributed by atoms with Gasteiger partial charge in [-0.2, -0.15) is 0 Å². The van der Waals surface area contributed by atoms with Crippen LogP contribution in [0.3, 0.4) is 0 Å². The van der Waals surface area contributed by atoms with Gasteiger partial charge in [0, 0.05) is 12.1 Å². The lowest BCUT2D eigenvalue weighted by molar-refractivity contribution is 0.545. The molecule has 72 valence electrons. The van der Waals surface area contributed by atoms with Gasteiger partial charge in [-0.05, 0) is 37.5 Å². The van der Waals surface area contributed by atoms with E-state index in [0.717, 1.165) is 11.8 Å². The number of nitrogens with zero attached hydrogens (tertiary/aromatic N) is 2. The maximum Gasteiger partial charge on any atom is 0.236 e. The zero-order valence-electron chi connectivity index (χ0n) is 7.69. The highest BCUT2D eigenvalue weighted by atomic mass is 15.2. The molecule has 0 spiro atoms. The van der Waals surface area contributed by atoms with E-state index in [-0.39, 0.29) is 5.96 Å². The average molecular weight is 180 g/mol. The van der Waals surface area contributed by atoms with Crippen LogP contribution in [-0.2, 0) is 0 Å². The molecule has 0 aliphatic heterocycles. The molecule has 0 atom stereocenters. The second kappa shape index (κ2) is 3.36. The van der Waals surface area contributed by atoms with Crippen molar-refractivity contribution < 1.29 is 0 Å². The van der Waals surface area contributed by atoms with Crippen molar-refractivity contribution >= 4 is 12.2 Å². The number of guanidine groups is 1. The van der Waals surface area contributed by atoms with Crippen LogP contribution < -0.4 is 11.6 Å². The topological polar surface area (TPSA) is 76.8 Å². The summed E-state index contributed by atoms with van der Waals surface area (Å²) in [6.45, 7) is 0. The highest BCUT2D eigenvalue weighted by Gasteiger charge is 2.40. The molecule has 2 rings (SSSR count). The zero-order valence-corrected chi connectivity index (χ0v) is 7.69. The van der Waals surface area contributed by atoms with E-state index in [2.05, 4.69) is 10.1 Å². The maximum atomic E-state index is 5.39. The second-order valence-corrected chi connectivity index (χ2v) is 4.02. The largest absolute Gasteiger partial charge is 0.367 e. The summed E-state index contributed by atoms with van der Waals surface area (Å²) in [4.78, 5) is 4.04. The third-order valence-corrected chi connectivity index (χ3v) is 2.84. The van der Waals surface area contributed by atoms with Gasteiger partial charge in [0.1, 0.15) is 0 Å². The SMILES string of the molecule is NN=C(N)N=CC(C1CC1)C1CC1. The lowest BCUT2D eigenvalue weighted by Gasteiger charge is -2.07. The summed E-state index contributed by atoms with van der Waals surface area (Å²) in [5, 5.41) is 3.32. The Morgan fingerprint density at radius 3 is 2.15 bits per heavy atom. The smallest absolute Gasteiger partial charge is 0.236 e. The first-order valence-electron chi connectivity index (χ1n) is 4.89. The van der Waals surface area contributed by atoms with Crippen molar-refractivity contribution in [3.63, 3.8) is 0 Å². The van der Waals surface area contributed by atoms with Crippen molar-refractivity contribution in [3.05, 3.63) is 0 Å². The van der Waals surface area contributed by atoms with E-state index in [4.69, 9.17) is 11.6 Å². The molecular weight excluding hydrogens is 164 g/mol. The van der Waals surface area contributed by atoms with Crippen LogP contribution in [0.1, 0.15) is 25.7 Å². The Balaban J connectivity index is 1.91. The van der Waals surface area contributed by atoms with E-state index in [1.54, 1.807) is 0 Å². The summed E-state index contributed by atoms with van der Waals surface area (Å²) in [6, 6.07) is 0. The first kappa shape index (κ1) is 8.53. The van der Waals surface area contributed by atoms with Gasteiger partial charge in [0.15, 0.2) is 0 Å². The number of aliphatic imine (C=N–C) groups is 1. The molecule has 2 aliphatic rings. The van der Waals surface area contributed by atoms with Crippen molar-refractivity contribution in [2.75, 3.05) is 0 Å². The monoisotopic (exact) mass is 180 g/mol. The minimum atomic E-state index is 0.186. The standard InChI is InChI=1S/C9H16N4/c10-9(13-11)12-5-8(6-1-2-6)7-3-4-7/h5-8H,1-4,11H2,(H2,10,13). The molecule has 0 heterocycles. The molecule has 0 bridgehead atoms. The van der Waals surface area contributed by atoms with Gasteiger partial charge in [0.05, 0.1) is 0 Å². The molecule has 2 fully saturated rings. The highest BCUT2D eigenvalue weighted by molar-refractivity contribution is 5.87. The van der Waals surface area contributed by atoms with E-state index in [0.29, 0.717) is 5.92 Å². The third-order valence-electron chi connectivity index (χ3n) is 2.84. The van der Waals surface area contributed by atoms with Crippen LogP contribution in [0.25, 0.3) is 0 Å². The molecule has 4 N–H and O–H groups in total. The molecule has 4 heteroatoms. The molecule has 2 aliphatic carbocycles. The van der Waals surface area contributed by atoms with Crippen molar-refractivity contribution in [1.82, 2.24) is 0 Å². The highest BCUT2D eigenvalue weighted by Crippen LogP contribution is 2.48. The fraction of sp³-hybridized carbons (Fsp3) is 0.778. The van der Waals surface area contributed by atoms with Crippen LogP contribution in [-0.4, -0.2) is 12.2 Å². The number of hydrogen-bond acceptors (Lipinski definition) is 2. The molecular formula is C9H16N4. The summed E-state index contributed by atoms with van der Waals surface area (Å²) in [7, 11) is 0. The van der Waals surface area contributed by atoms with Crippen LogP contribution >= 0.6 is 0 Å². The van der Waals surface area contributed by atoms with Gasteiger partial charge in [-0.15, -0.1) is 5.10 Å². The Bertz CT molecular complexity index is 226. The van der Waals surface area contributed by atoms with Crippen LogP contribution in [0.15, 0.2) is 10.1 Å². The van der Waals surface area contributed by atoms with Gasteiger partial charge in [-0.3, -0.25) is 0 Å². The van der Waals surface area contributed by atoms with Gasteiger partial charge in [0.25, 0.3) is 0 Å². The van der Waals surface area contributed by atoms with E-state index >= 15 is 0 Å². The van der Waals surface area contributed by atoms with Gasteiger partial charge in [-0.1, -0.05) is 0 Å². The fourth-order valence-corrected chi connectivity index (χ4v) is 1.79. The quantitative estimate of drug-likeness (QED) is 0.290. The third kappa shape index (κ3) is 2.20. The summed E-state index contributed by atoms with van der Waals surface area (Å²) >= 11 is 0. The predicted molar refractivity (Wildman–Crippen MR) is 53.2 cm³/mol. The van der Waals surface area contributed by atoms with Crippen molar-refractivity contribution in [1.29, 1.82) is 0 Å². The molecule has 0 aromatic carbocycles. The van der Waals surface area contributed by atoms with Crippen LogP contribution in [0.4, 0.5) is 0 Å². The Morgan fingerprint density at radius 2 is 1.77 bits per heavy atom. The zero-order chi connectivity index (χ0) is 9.26. The van der Waals surface area contributed by atoms with Crippen LogP contribution in [0.5, 0.6) is 0 Å². The van der Waals surface area contributed by atoms with Crippen LogP contribution in [0, 0.1) is 17.8 Å². The lowest BCUT2D eigenvalue weighted by atomic mass is 10.00. The molecule has 13 heavy (non-hydrogen) atoms. The average Bonchev–Trinajstić information content (AvgIpc) is 2.98. The van der Waals surface area contributed by atoms with Crippen molar-refractivity contribution in [3.8, 4) is 0 Å². The summed E-state index contributed by atoms with van der Waals surface area (Å²) in [5.41, 5.74) is 5.39. The predicted octanol–water partition coefficient (Wildman–Crippen LogP) is 0.682. The van der Waals surface area contributed by atoms with Gasteiger partial charge in [-0.25, -0.2) is 4.99 Å². The summed E-state index contributed by atoms with van der Waals surface area (Å²) in [6.07, 6.45) is 7.38. The van der Waals surface area contributed by atoms with Crippen LogP contribution in [0.2, 0.25) is 0 Å². The van der Waals surface area contributed by atoms with Gasteiger partial charge < -0.3 is 11.6 Å². The van der Waals surface area contributed by atoms with Crippen molar-refractivity contribution in [2.24, 2.45) is 39.4 Å². The molecule has 0 unspecified atom stereocenters. The maximum absolute atomic E-state index is 5.39. The number of hydrogen-bond donors (Lipinski definition) is 2. The molecule has 0 saturated heterocycles. The lowest BCUT2D eigenvalue weighted by Crippen LogP contribution is -2.14. The number of nitrogens with two attached hydrogens (primary N) is 2. The van der Waals surface area contributed by atoms with Gasteiger partial charge >= 0.3 is 0 Å². The fourth-order valence-electron chi connectivity index (χ4n) is 1.79. The first-order chi connectivity index (χ1) is 6.31. The van der Waals surface area contributed by atoms with Gasteiger partial charge in [0.2, 0.25) is 5.96 Å². The minimum Gasteiger partial charge on any atom is -0.367 e. The molecule has 0 amide bonds. The van der Waals surface area contributed by atoms with Crippen molar-refractivity contribution in [2.45, 2.75) is 25.7 Å². The Hall–Kier alpha value is -1.06. The molecule has 2 saturated carbocycles. The Morgan fingerprint density at radius 1 is 1.23 bits per heavy atom. The molecule has 0 aromatic heterocycles. The summed E-state index contributed by atoms with van der Waals surface area (Å²) < 4.78 is 0. The first-order valence-corrected chi connectivity index (χ1v) is 4.89. The minimum absolute atomic E-state index is 0.186. The Labute approximate surface area is 78.1 Å². The number of rotatable bonds is 3. The van der Waals surface area contributed by atoms with E-state index < -0.39 is 0 Å². The van der Waals surface area contributed by atoms with E-state index in [9.17, 15) is 0 Å². The molecule has 0 radical (unpaired) electrons. The van der Waals surface area contributed by atoms with E-state index in [1.807, 2.05) is 6.21 Å². The molecule has 4 nitrogen and oxygen atoms in total. The second-order valence-electron chi connectivity index (χ2n) is 4.02. The van der Waals surface area contributed by atoms with E-state index in [1.165, 1.54) is 25.7 Å². The normalized spacial score (nSPS) is 24.5. The Kier molecular flexibility index (Phi) is 2.20. The molecule has 0 aromatic rings.